The minimum absolute atomic E-state index is 0.0452. The first-order chi connectivity index (χ1) is 13.0. The second kappa shape index (κ2) is 13.4. The first kappa shape index (κ1) is 26.3. The third-order valence-electron chi connectivity index (χ3n) is 5.03. The normalized spacial score (nSPS) is 19.8. The highest BCUT2D eigenvalue weighted by molar-refractivity contribution is 5.80. The Hall–Kier alpha value is -1.74. The first-order valence-corrected chi connectivity index (χ1v) is 9.47. The number of aliphatic carboxylic acids is 2. The van der Waals surface area contributed by atoms with Gasteiger partial charge in [0.1, 0.15) is 0 Å². The third-order valence-corrected chi connectivity index (χ3v) is 5.03. The molecule has 6 N–H and O–H groups in total. The minimum atomic E-state index is -1.08. The van der Waals surface area contributed by atoms with Crippen LogP contribution in [0.5, 0.6) is 0 Å². The van der Waals surface area contributed by atoms with Gasteiger partial charge in [-0.1, -0.05) is 39.0 Å². The third kappa shape index (κ3) is 11.2. The van der Waals surface area contributed by atoms with Crippen molar-refractivity contribution in [3.05, 3.63) is 24.3 Å². The van der Waals surface area contributed by atoms with Crippen molar-refractivity contribution in [2.45, 2.75) is 70.9 Å². The average molecular weight is 402 g/mol. The van der Waals surface area contributed by atoms with Crippen molar-refractivity contribution in [2.75, 3.05) is 0 Å². The molecule has 0 heterocycles. The molecule has 0 aromatic heterocycles. The van der Waals surface area contributed by atoms with E-state index in [-0.39, 0.29) is 24.7 Å². The molecule has 8 heteroatoms. The molecule has 0 radical (unpaired) electrons. The van der Waals surface area contributed by atoms with Crippen LogP contribution in [-0.2, 0) is 9.59 Å². The van der Waals surface area contributed by atoms with E-state index in [0.717, 1.165) is 6.08 Å². The molecule has 7 atom stereocenters. The summed E-state index contributed by atoms with van der Waals surface area (Å²) in [6, 6.07) is 0. The van der Waals surface area contributed by atoms with Gasteiger partial charge in [0.15, 0.2) is 0 Å². The predicted molar refractivity (Wildman–Crippen MR) is 104 cm³/mol. The molecule has 28 heavy (non-hydrogen) atoms. The van der Waals surface area contributed by atoms with Gasteiger partial charge in [-0.2, -0.15) is 0 Å². The number of hydrogen-bond acceptors (Lipinski definition) is 6. The molecule has 0 fully saturated rings. The number of aliphatic hydroxyl groups is 4. The number of hydrogen-bond donors (Lipinski definition) is 6. The predicted octanol–water partition coefficient (Wildman–Crippen LogP) is 1.18. The maximum atomic E-state index is 10.6. The molecule has 0 aliphatic carbocycles. The smallest absolute Gasteiger partial charge is 0.328 e. The first-order valence-electron chi connectivity index (χ1n) is 9.47. The zero-order valence-electron chi connectivity index (χ0n) is 16.7. The SMILES string of the molecule is CC(/C=C/C=C/C(=O)O)C(O)CC(O)C(C)C(O)CCC(C)C(O)CC(=O)O. The Morgan fingerprint density at radius 2 is 1.43 bits per heavy atom. The molecule has 0 aliphatic rings. The fourth-order valence-electron chi connectivity index (χ4n) is 2.71. The second-order valence-corrected chi connectivity index (χ2v) is 7.46. The molecular formula is C20H34O8. The fourth-order valence-corrected chi connectivity index (χ4v) is 2.71. The Bertz CT molecular complexity index is 530. The number of carboxylic acid groups (broad SMARTS) is 2. The van der Waals surface area contributed by atoms with Crippen LogP contribution in [0.4, 0.5) is 0 Å². The molecule has 0 spiro atoms. The van der Waals surface area contributed by atoms with Crippen LogP contribution in [0.3, 0.4) is 0 Å². The monoisotopic (exact) mass is 402 g/mol. The quantitative estimate of drug-likeness (QED) is 0.187. The number of aliphatic hydroxyl groups excluding tert-OH is 4. The van der Waals surface area contributed by atoms with Gasteiger partial charge >= 0.3 is 11.9 Å². The number of carbonyl (C=O) groups is 2. The zero-order chi connectivity index (χ0) is 21.9. The van der Waals surface area contributed by atoms with Crippen molar-refractivity contribution >= 4 is 11.9 Å². The van der Waals surface area contributed by atoms with Gasteiger partial charge in [0.25, 0.3) is 0 Å². The summed E-state index contributed by atoms with van der Waals surface area (Å²) in [7, 11) is 0. The van der Waals surface area contributed by atoms with E-state index in [9.17, 15) is 30.0 Å². The second-order valence-electron chi connectivity index (χ2n) is 7.46. The molecule has 8 nitrogen and oxygen atoms in total. The van der Waals surface area contributed by atoms with Crippen molar-refractivity contribution in [1.29, 1.82) is 0 Å². The molecule has 0 aliphatic heterocycles. The summed E-state index contributed by atoms with van der Waals surface area (Å²) in [6.07, 6.45) is 2.18. The molecular weight excluding hydrogens is 368 g/mol. The molecule has 0 amide bonds. The van der Waals surface area contributed by atoms with E-state index in [1.165, 1.54) is 12.2 Å². The molecule has 0 rings (SSSR count). The van der Waals surface area contributed by atoms with Crippen molar-refractivity contribution in [1.82, 2.24) is 0 Å². The molecule has 0 saturated heterocycles. The fraction of sp³-hybridized carbons (Fsp3) is 0.700. The standard InChI is InChI=1S/C20H34O8/c1-12(6-4-5-7-19(25)26)16(22)10-18(24)14(3)15(21)9-8-13(2)17(23)11-20(27)28/h4-7,12-18,21-24H,8-11H2,1-3H3,(H,25,26)(H,27,28)/b6-4+,7-5+. The van der Waals surface area contributed by atoms with Crippen LogP contribution in [-0.4, -0.2) is 67.0 Å². The molecule has 0 bridgehead atoms. The Morgan fingerprint density at radius 3 is 1.96 bits per heavy atom. The highest BCUT2D eigenvalue weighted by Crippen LogP contribution is 2.23. The summed E-state index contributed by atoms with van der Waals surface area (Å²) in [4.78, 5) is 21.0. The average Bonchev–Trinajstić information content (AvgIpc) is 2.60. The van der Waals surface area contributed by atoms with Gasteiger partial charge < -0.3 is 30.6 Å². The highest BCUT2D eigenvalue weighted by Gasteiger charge is 2.27. The van der Waals surface area contributed by atoms with Gasteiger partial charge in [-0.15, -0.1) is 0 Å². The molecule has 7 unspecified atom stereocenters. The van der Waals surface area contributed by atoms with Crippen molar-refractivity contribution in [3.8, 4) is 0 Å². The Balaban J connectivity index is 4.45. The summed E-state index contributed by atoms with van der Waals surface area (Å²) in [6.45, 7) is 5.10. The summed E-state index contributed by atoms with van der Waals surface area (Å²) < 4.78 is 0. The number of allylic oxidation sites excluding steroid dienone is 2. The maximum Gasteiger partial charge on any atom is 0.328 e. The van der Waals surface area contributed by atoms with Crippen LogP contribution in [0.25, 0.3) is 0 Å². The van der Waals surface area contributed by atoms with E-state index in [4.69, 9.17) is 10.2 Å². The van der Waals surface area contributed by atoms with Gasteiger partial charge in [0, 0.05) is 24.3 Å². The Morgan fingerprint density at radius 1 is 0.821 bits per heavy atom. The summed E-state index contributed by atoms with van der Waals surface area (Å²) in [5, 5.41) is 57.7. The van der Waals surface area contributed by atoms with E-state index in [0.29, 0.717) is 12.8 Å². The number of carboxylic acids is 2. The summed E-state index contributed by atoms with van der Waals surface area (Å²) >= 11 is 0. The van der Waals surface area contributed by atoms with Crippen LogP contribution in [0.1, 0.15) is 46.5 Å². The van der Waals surface area contributed by atoms with Crippen LogP contribution < -0.4 is 0 Å². The lowest BCUT2D eigenvalue weighted by atomic mass is 9.86. The molecule has 0 saturated carbocycles. The van der Waals surface area contributed by atoms with Crippen molar-refractivity contribution in [3.63, 3.8) is 0 Å². The van der Waals surface area contributed by atoms with E-state index < -0.39 is 42.3 Å². The summed E-state index contributed by atoms with van der Waals surface area (Å²) in [5.41, 5.74) is 0. The van der Waals surface area contributed by atoms with Gasteiger partial charge in [-0.05, 0) is 18.8 Å². The lowest BCUT2D eigenvalue weighted by Crippen LogP contribution is -2.34. The van der Waals surface area contributed by atoms with E-state index in [2.05, 4.69) is 0 Å². The van der Waals surface area contributed by atoms with Crippen LogP contribution in [0.15, 0.2) is 24.3 Å². The van der Waals surface area contributed by atoms with E-state index in [1.54, 1.807) is 26.8 Å². The van der Waals surface area contributed by atoms with Gasteiger partial charge in [0.05, 0.1) is 30.8 Å². The lowest BCUT2D eigenvalue weighted by Gasteiger charge is -2.28. The molecule has 0 aromatic rings. The van der Waals surface area contributed by atoms with Gasteiger partial charge in [-0.3, -0.25) is 4.79 Å². The topological polar surface area (TPSA) is 156 Å². The van der Waals surface area contributed by atoms with Crippen LogP contribution in [0.2, 0.25) is 0 Å². The van der Waals surface area contributed by atoms with E-state index >= 15 is 0 Å². The highest BCUT2D eigenvalue weighted by atomic mass is 16.4. The maximum absolute atomic E-state index is 10.6. The number of rotatable bonds is 14. The van der Waals surface area contributed by atoms with Crippen molar-refractivity contribution in [2.24, 2.45) is 17.8 Å². The van der Waals surface area contributed by atoms with Crippen molar-refractivity contribution < 1.29 is 40.2 Å². The largest absolute Gasteiger partial charge is 0.481 e. The Labute approximate surface area is 165 Å². The van der Waals surface area contributed by atoms with E-state index in [1.807, 2.05) is 0 Å². The molecule has 162 valence electrons. The minimum Gasteiger partial charge on any atom is -0.481 e. The van der Waals surface area contributed by atoms with Gasteiger partial charge in [-0.25, -0.2) is 4.79 Å². The summed E-state index contributed by atoms with van der Waals surface area (Å²) in [5.74, 6) is -3.28. The lowest BCUT2D eigenvalue weighted by molar-refractivity contribution is -0.140. The molecule has 0 aromatic carbocycles. The van der Waals surface area contributed by atoms with Crippen LogP contribution >= 0.6 is 0 Å². The Kier molecular flexibility index (Phi) is 12.6. The van der Waals surface area contributed by atoms with Crippen LogP contribution in [0, 0.1) is 17.8 Å². The van der Waals surface area contributed by atoms with Gasteiger partial charge in [0.2, 0.25) is 0 Å². The zero-order valence-corrected chi connectivity index (χ0v) is 16.7.